The largest absolute Gasteiger partial charge is 0.466 e. The first-order valence-corrected chi connectivity index (χ1v) is 9.83. The average molecular weight is 426 g/mol. The highest BCUT2D eigenvalue weighted by molar-refractivity contribution is 7.07. The number of fused-ring (bicyclic) bond motifs is 1. The quantitative estimate of drug-likeness (QED) is 0.605. The second-order valence-electron chi connectivity index (χ2n) is 6.65. The van der Waals surface area contributed by atoms with Crippen molar-refractivity contribution in [1.82, 2.24) is 4.57 Å². The standard InChI is InChI=1S/C22H16F2N2O3S/c1-12-18(21(28)29-2)19(13-7-9-15(23)10-8-13)26-20(27)17(30-22(26)25-12)11-14-5-3-4-6-16(14)24/h3-11,19H,1-2H3/b17-11+. The van der Waals surface area contributed by atoms with E-state index in [1.807, 2.05) is 0 Å². The minimum Gasteiger partial charge on any atom is -0.466 e. The molecule has 1 unspecified atom stereocenters. The lowest BCUT2D eigenvalue weighted by atomic mass is 9.96. The third kappa shape index (κ3) is 3.39. The van der Waals surface area contributed by atoms with Gasteiger partial charge in [-0.2, -0.15) is 0 Å². The number of methoxy groups -OCH3 is 1. The van der Waals surface area contributed by atoms with Crippen molar-refractivity contribution in [2.45, 2.75) is 13.0 Å². The summed E-state index contributed by atoms with van der Waals surface area (Å²) in [5, 5.41) is 0. The Bertz CT molecular complexity index is 1350. The number of carbonyl (C=O) groups is 1. The molecule has 0 amide bonds. The Hall–Kier alpha value is -3.39. The molecule has 1 aliphatic rings. The highest BCUT2D eigenvalue weighted by Crippen LogP contribution is 2.30. The van der Waals surface area contributed by atoms with Crippen LogP contribution >= 0.6 is 11.3 Å². The lowest BCUT2D eigenvalue weighted by molar-refractivity contribution is -0.136. The van der Waals surface area contributed by atoms with Crippen molar-refractivity contribution in [2.75, 3.05) is 7.11 Å². The van der Waals surface area contributed by atoms with Crippen LogP contribution in [0.5, 0.6) is 0 Å². The van der Waals surface area contributed by atoms with E-state index in [1.54, 1.807) is 25.1 Å². The van der Waals surface area contributed by atoms with Gasteiger partial charge >= 0.3 is 5.97 Å². The Morgan fingerprint density at radius 3 is 2.53 bits per heavy atom. The second-order valence-corrected chi connectivity index (χ2v) is 7.66. The van der Waals surface area contributed by atoms with Crippen LogP contribution in [-0.2, 0) is 9.53 Å². The fourth-order valence-electron chi connectivity index (χ4n) is 3.39. The third-order valence-corrected chi connectivity index (χ3v) is 5.79. The van der Waals surface area contributed by atoms with Crippen LogP contribution in [0, 0.1) is 11.6 Å². The molecule has 0 bridgehead atoms. The number of allylic oxidation sites excluding steroid dienone is 1. The number of ether oxygens (including phenoxy) is 1. The molecule has 5 nitrogen and oxygen atoms in total. The van der Waals surface area contributed by atoms with Crippen LogP contribution in [0.1, 0.15) is 24.1 Å². The van der Waals surface area contributed by atoms with E-state index in [9.17, 15) is 18.4 Å². The Labute approximate surface area is 173 Å². The molecule has 0 saturated carbocycles. The highest BCUT2D eigenvalue weighted by atomic mass is 32.1. The van der Waals surface area contributed by atoms with Gasteiger partial charge in [-0.25, -0.2) is 18.6 Å². The Kier molecular flexibility index (Phi) is 5.17. The summed E-state index contributed by atoms with van der Waals surface area (Å²) in [4.78, 5) is 30.5. The minimum absolute atomic E-state index is 0.189. The van der Waals surface area contributed by atoms with Crippen LogP contribution < -0.4 is 14.9 Å². The molecule has 2 heterocycles. The van der Waals surface area contributed by atoms with E-state index in [2.05, 4.69) is 4.99 Å². The maximum atomic E-state index is 14.1. The molecule has 2 aromatic carbocycles. The number of hydrogen-bond donors (Lipinski definition) is 0. The summed E-state index contributed by atoms with van der Waals surface area (Å²) >= 11 is 1.09. The van der Waals surface area contributed by atoms with Gasteiger partial charge in [-0.15, -0.1) is 0 Å². The summed E-state index contributed by atoms with van der Waals surface area (Å²) < 4.78 is 34.1. The van der Waals surface area contributed by atoms with Crippen molar-refractivity contribution in [2.24, 2.45) is 4.99 Å². The van der Waals surface area contributed by atoms with Crippen molar-refractivity contribution in [3.63, 3.8) is 0 Å². The van der Waals surface area contributed by atoms with Gasteiger partial charge in [-0.3, -0.25) is 9.36 Å². The van der Waals surface area contributed by atoms with Crippen LogP contribution in [0.15, 0.2) is 69.6 Å². The zero-order valence-corrected chi connectivity index (χ0v) is 16.9. The Balaban J connectivity index is 1.99. The monoisotopic (exact) mass is 426 g/mol. The fourth-order valence-corrected chi connectivity index (χ4v) is 4.42. The number of aromatic nitrogens is 1. The molecule has 0 radical (unpaired) electrons. The van der Waals surface area contributed by atoms with Gasteiger partial charge in [-0.1, -0.05) is 41.7 Å². The van der Waals surface area contributed by atoms with Gasteiger partial charge < -0.3 is 4.74 Å². The smallest absolute Gasteiger partial charge is 0.338 e. The molecule has 3 aromatic rings. The number of halogens is 2. The SMILES string of the molecule is COC(=O)C1=C(C)N=c2s/c(=C/c3ccccc3F)c(=O)n2C1c1ccc(F)cc1. The minimum atomic E-state index is -0.836. The zero-order chi connectivity index (χ0) is 21.4. The molecule has 152 valence electrons. The number of benzene rings is 2. The number of esters is 1. The number of carbonyl (C=O) groups excluding carboxylic acids is 1. The molecule has 1 atom stereocenters. The summed E-state index contributed by atoms with van der Waals surface area (Å²) in [5.74, 6) is -1.52. The van der Waals surface area contributed by atoms with Crippen molar-refractivity contribution in [1.29, 1.82) is 0 Å². The summed E-state index contributed by atoms with van der Waals surface area (Å²) in [6.07, 6.45) is 1.46. The maximum absolute atomic E-state index is 14.1. The van der Waals surface area contributed by atoms with E-state index in [4.69, 9.17) is 4.74 Å². The molecule has 1 aliphatic heterocycles. The molecule has 4 rings (SSSR count). The molecule has 0 aliphatic carbocycles. The van der Waals surface area contributed by atoms with Gasteiger partial charge in [-0.05, 0) is 36.8 Å². The van der Waals surface area contributed by atoms with Gasteiger partial charge in [0.1, 0.15) is 11.6 Å². The van der Waals surface area contributed by atoms with Crippen molar-refractivity contribution in [3.8, 4) is 0 Å². The molecule has 0 saturated heterocycles. The number of rotatable bonds is 3. The number of nitrogens with zero attached hydrogens (tertiary/aromatic N) is 2. The zero-order valence-electron chi connectivity index (χ0n) is 16.1. The molecule has 30 heavy (non-hydrogen) atoms. The van der Waals surface area contributed by atoms with Crippen molar-refractivity contribution in [3.05, 3.63) is 102 Å². The average Bonchev–Trinajstić information content (AvgIpc) is 3.03. The van der Waals surface area contributed by atoms with Crippen LogP contribution in [0.25, 0.3) is 6.08 Å². The van der Waals surface area contributed by atoms with Crippen LogP contribution in [-0.4, -0.2) is 17.6 Å². The summed E-state index contributed by atoms with van der Waals surface area (Å²) in [7, 11) is 1.24. The van der Waals surface area contributed by atoms with E-state index in [0.29, 0.717) is 16.1 Å². The normalized spacial score (nSPS) is 16.3. The summed E-state index contributed by atoms with van der Waals surface area (Å²) in [6.45, 7) is 1.65. The molecule has 0 spiro atoms. The van der Waals surface area contributed by atoms with Gasteiger partial charge in [0.05, 0.1) is 29.0 Å². The molecule has 8 heteroatoms. The van der Waals surface area contributed by atoms with Crippen molar-refractivity contribution >= 4 is 23.4 Å². The van der Waals surface area contributed by atoms with Gasteiger partial charge in [0.2, 0.25) is 0 Å². The van der Waals surface area contributed by atoms with E-state index >= 15 is 0 Å². The van der Waals surface area contributed by atoms with E-state index in [0.717, 1.165) is 11.3 Å². The molecule has 0 N–H and O–H groups in total. The first kappa shape index (κ1) is 19.9. The highest BCUT2D eigenvalue weighted by Gasteiger charge is 2.33. The lowest BCUT2D eigenvalue weighted by Crippen LogP contribution is -2.39. The first-order valence-electron chi connectivity index (χ1n) is 9.01. The molecular weight excluding hydrogens is 410 g/mol. The van der Waals surface area contributed by atoms with E-state index in [-0.39, 0.29) is 15.7 Å². The van der Waals surface area contributed by atoms with Crippen molar-refractivity contribution < 1.29 is 18.3 Å². The van der Waals surface area contributed by atoms with Crippen LogP contribution in [0.3, 0.4) is 0 Å². The van der Waals surface area contributed by atoms with Gasteiger partial charge in [0, 0.05) is 5.56 Å². The Morgan fingerprint density at radius 1 is 1.17 bits per heavy atom. The third-order valence-electron chi connectivity index (χ3n) is 4.80. The Morgan fingerprint density at radius 2 is 1.87 bits per heavy atom. The van der Waals surface area contributed by atoms with Crippen LogP contribution in [0.2, 0.25) is 0 Å². The maximum Gasteiger partial charge on any atom is 0.338 e. The number of thiazole rings is 1. The lowest BCUT2D eigenvalue weighted by Gasteiger charge is -2.24. The van der Waals surface area contributed by atoms with E-state index in [1.165, 1.54) is 48.1 Å². The topological polar surface area (TPSA) is 60.7 Å². The van der Waals surface area contributed by atoms with Crippen LogP contribution in [0.4, 0.5) is 8.78 Å². The summed E-state index contributed by atoms with van der Waals surface area (Å²) in [5.41, 5.74) is 0.962. The molecular formula is C22H16F2N2O3S. The second kappa shape index (κ2) is 7.79. The van der Waals surface area contributed by atoms with Gasteiger partial charge in [0.15, 0.2) is 4.80 Å². The number of hydrogen-bond acceptors (Lipinski definition) is 5. The van der Waals surface area contributed by atoms with Gasteiger partial charge in [0.25, 0.3) is 5.56 Å². The summed E-state index contributed by atoms with van der Waals surface area (Å²) in [6, 6.07) is 10.8. The predicted molar refractivity (Wildman–Crippen MR) is 109 cm³/mol. The molecule has 0 fully saturated rings. The fraction of sp³-hybridized carbons (Fsp3) is 0.136. The molecule has 1 aromatic heterocycles. The first-order chi connectivity index (χ1) is 14.4. The predicted octanol–water partition coefficient (Wildman–Crippen LogP) is 2.69. The van der Waals surface area contributed by atoms with E-state index < -0.39 is 29.2 Å².